The number of hydrogen-bond donors (Lipinski definition) is 6. The highest BCUT2D eigenvalue weighted by atomic mass is 32.2. The molecule has 21 nitrogen and oxygen atoms in total. The number of anilines is 1. The Balaban J connectivity index is 1.51. The average molecular weight is 1110 g/mol. The number of fused-ring (bicyclic) bond motifs is 6. The molecule has 0 radical (unpaired) electrons. The second-order valence-electron chi connectivity index (χ2n) is 18.3. The van der Waals surface area contributed by atoms with Crippen LogP contribution < -0.4 is 4.90 Å². The van der Waals surface area contributed by atoms with Crippen LogP contribution in [-0.4, -0.2) is 108 Å². The molecule has 73 heavy (non-hydrogen) atoms. The molecule has 1 unspecified atom stereocenters. The van der Waals surface area contributed by atoms with Crippen molar-refractivity contribution >= 4 is 103 Å². The van der Waals surface area contributed by atoms with Gasteiger partial charge in [-0.3, -0.25) is 23.2 Å². The van der Waals surface area contributed by atoms with E-state index >= 15 is 0 Å². The maximum atomic E-state index is 12.8. The van der Waals surface area contributed by atoms with Gasteiger partial charge in [-0.05, 0) is 117 Å². The predicted octanol–water partition coefficient (Wildman–Crippen LogP) is 7.93. The summed E-state index contributed by atoms with van der Waals surface area (Å²) in [5.74, 6) is -2.59. The zero-order chi connectivity index (χ0) is 53.9. The van der Waals surface area contributed by atoms with Crippen LogP contribution in [0.1, 0.15) is 96.1 Å². The Morgan fingerprint density at radius 3 is 1.96 bits per heavy atom. The monoisotopic (exact) mass is 1110 g/mol. The van der Waals surface area contributed by atoms with E-state index in [4.69, 9.17) is 5.26 Å². The van der Waals surface area contributed by atoms with Crippen LogP contribution in [0.3, 0.4) is 0 Å². The van der Waals surface area contributed by atoms with E-state index in [2.05, 4.69) is 9.37 Å². The van der Waals surface area contributed by atoms with Crippen molar-refractivity contribution in [2.24, 2.45) is 0 Å². The smallest absolute Gasteiger partial charge is 0.303 e. The molecule has 0 bridgehead atoms. The Kier molecular flexibility index (Phi) is 17.5. The number of unbranched alkanes of at least 4 members (excludes halogenated alkanes) is 4. The van der Waals surface area contributed by atoms with E-state index in [1.54, 1.807) is 42.2 Å². The molecule has 0 aromatic heterocycles. The maximum Gasteiger partial charge on any atom is 0.303 e. The molecule has 26 heteroatoms. The van der Waals surface area contributed by atoms with Gasteiger partial charge in [-0.25, -0.2) is 13.7 Å². The molecule has 0 aliphatic carbocycles. The first kappa shape index (κ1) is 57.2. The number of aliphatic carboxylic acids is 2. The van der Waals surface area contributed by atoms with Gasteiger partial charge >= 0.3 is 11.9 Å². The minimum absolute atomic E-state index is 0.0234. The number of benzene rings is 4. The molecule has 6 rings (SSSR count). The fraction of sp³-hybridized carbons (Fsp3) is 0.383. The van der Waals surface area contributed by atoms with Crippen LogP contribution >= 0.6 is 12.0 Å². The summed E-state index contributed by atoms with van der Waals surface area (Å²) in [6.45, 7) is 5.93. The SMILES string of the molecule is CC1(C)C(/C=C/C=C/C=C2\N(CCCS(=O)(=O)O)c3ccc4c(S(=O)(=O)O)cc(S(=O)(=O)O)cc4c3C2(C)CCCCCC(=O)O)=[N+](CCCCCC(=O)O)c2ccc3c(SOOO)cc(S(=O)(=O)[O-])cc3c21. The van der Waals surface area contributed by atoms with Crippen LogP contribution in [0.5, 0.6) is 0 Å². The molecule has 396 valence electrons. The number of hydrogen-bond acceptors (Lipinski definition) is 16. The third-order valence-corrected chi connectivity index (χ3v) is 17.0. The number of nitrogens with zero attached hydrogens (tertiary/aromatic N) is 2. The number of allylic oxidation sites excluding steroid dienone is 6. The zero-order valence-electron chi connectivity index (χ0n) is 39.6. The predicted molar refractivity (Wildman–Crippen MR) is 268 cm³/mol. The lowest BCUT2D eigenvalue weighted by atomic mass is 9.75. The molecule has 4 aromatic carbocycles. The quantitative estimate of drug-likeness (QED) is 0.00697. The van der Waals surface area contributed by atoms with Gasteiger partial charge < -0.3 is 19.7 Å². The van der Waals surface area contributed by atoms with Crippen LogP contribution in [0.15, 0.2) is 104 Å². The molecule has 2 heterocycles. The van der Waals surface area contributed by atoms with Crippen LogP contribution in [0.25, 0.3) is 21.5 Å². The summed E-state index contributed by atoms with van der Waals surface area (Å²) in [6, 6.07) is 10.5. The van der Waals surface area contributed by atoms with Crippen molar-refractivity contribution < 1.29 is 90.9 Å². The van der Waals surface area contributed by atoms with E-state index in [0.717, 1.165) is 12.1 Å². The molecule has 0 amide bonds. The lowest BCUT2D eigenvalue weighted by Gasteiger charge is -2.31. The van der Waals surface area contributed by atoms with Gasteiger partial charge in [0, 0.05) is 70.6 Å². The summed E-state index contributed by atoms with van der Waals surface area (Å²) in [6.07, 6.45) is 11.2. The third-order valence-electron chi connectivity index (χ3n) is 13.0. The molecule has 1 atom stereocenters. The highest BCUT2D eigenvalue weighted by Crippen LogP contribution is 2.54. The van der Waals surface area contributed by atoms with Crippen molar-refractivity contribution in [3.8, 4) is 0 Å². The zero-order valence-corrected chi connectivity index (χ0v) is 43.7. The van der Waals surface area contributed by atoms with E-state index in [1.165, 1.54) is 18.2 Å². The molecular formula is C47H54N2O19S5. The molecule has 0 fully saturated rings. The Bertz CT molecular complexity index is 3440. The molecule has 2 aliphatic rings. The number of carboxylic acid groups (broad SMARTS) is 2. The standard InChI is InChI=1S/C47H54N2O19S5/c1-46(2)40(48(23-12-6-10-17-43(52)53)36-20-18-32-34(44(36)46)26-30(71(58,59)60)28-38(32)69-68-67-54)14-7-4-8-15-41-47(3,22-11-5-9-16-42(50)51)45-35-27-31(72(61,62)63)29-39(73(64,65)66)33(35)19-21-37(45)49(41)24-13-25-70(55,56)57/h4,7-8,14-15,18-21,26-29H,5-6,9-13,16-17,22-25H2,1-3H3,(H6-,50,51,52,53,54,55,56,57,58,59,60,61,62,63,64,65,66). The van der Waals surface area contributed by atoms with E-state index in [1.807, 2.05) is 30.6 Å². The van der Waals surface area contributed by atoms with Crippen molar-refractivity contribution in [2.75, 3.05) is 23.7 Å². The lowest BCUT2D eigenvalue weighted by Crippen LogP contribution is -2.30. The lowest BCUT2D eigenvalue weighted by molar-refractivity contribution is -0.438. The van der Waals surface area contributed by atoms with Gasteiger partial charge in [0.2, 0.25) is 5.69 Å². The maximum absolute atomic E-state index is 12.8. The van der Waals surface area contributed by atoms with Crippen molar-refractivity contribution in [1.29, 1.82) is 0 Å². The van der Waals surface area contributed by atoms with Crippen LogP contribution in [0.2, 0.25) is 0 Å². The molecule has 0 spiro atoms. The number of rotatable bonds is 25. The Morgan fingerprint density at radius 1 is 0.726 bits per heavy atom. The number of carbonyl (C=O) groups is 2. The van der Waals surface area contributed by atoms with Gasteiger partial charge in [0.15, 0.2) is 5.71 Å². The first-order valence-corrected chi connectivity index (χ1v) is 29.3. The summed E-state index contributed by atoms with van der Waals surface area (Å²) in [4.78, 5) is 22.4. The summed E-state index contributed by atoms with van der Waals surface area (Å²) >= 11 is 0.487. The van der Waals surface area contributed by atoms with Crippen LogP contribution in [-0.2, 0) is 70.3 Å². The minimum atomic E-state index is -5.10. The first-order valence-electron chi connectivity index (χ1n) is 22.7. The molecule has 6 N–H and O–H groups in total. The second-order valence-corrected chi connectivity index (χ2v) is 24.8. The van der Waals surface area contributed by atoms with Crippen LogP contribution in [0, 0.1) is 0 Å². The largest absolute Gasteiger partial charge is 0.744 e. The van der Waals surface area contributed by atoms with Crippen molar-refractivity contribution in [2.45, 2.75) is 115 Å². The fourth-order valence-corrected chi connectivity index (χ4v) is 12.9. The van der Waals surface area contributed by atoms with Gasteiger partial charge in [-0.1, -0.05) is 42.2 Å². The fourth-order valence-electron chi connectivity index (χ4n) is 9.92. The summed E-state index contributed by atoms with van der Waals surface area (Å²) in [5.41, 5.74) is 1.19. The molecule has 4 aromatic rings. The highest BCUT2D eigenvalue weighted by Gasteiger charge is 2.47. The van der Waals surface area contributed by atoms with Crippen molar-refractivity contribution in [1.82, 2.24) is 0 Å². The van der Waals surface area contributed by atoms with E-state index in [-0.39, 0.29) is 47.9 Å². The molecule has 0 saturated carbocycles. The molecule has 2 aliphatic heterocycles. The van der Waals surface area contributed by atoms with Gasteiger partial charge in [-0.15, -0.1) is 4.33 Å². The molecule has 0 saturated heterocycles. The molecular weight excluding hydrogens is 1060 g/mol. The third kappa shape index (κ3) is 13.1. The van der Waals surface area contributed by atoms with Gasteiger partial charge in [0.25, 0.3) is 30.4 Å². The Morgan fingerprint density at radius 2 is 1.36 bits per heavy atom. The Labute approximate surface area is 426 Å². The van der Waals surface area contributed by atoms with E-state index in [9.17, 15) is 71.7 Å². The van der Waals surface area contributed by atoms with Gasteiger partial charge in [-0.2, -0.15) is 29.8 Å². The second kappa shape index (κ2) is 22.4. The highest BCUT2D eigenvalue weighted by molar-refractivity contribution is 7.94. The van der Waals surface area contributed by atoms with Crippen molar-refractivity contribution in [3.05, 3.63) is 95.7 Å². The van der Waals surface area contributed by atoms with Gasteiger partial charge in [0.1, 0.15) is 21.6 Å². The topological polar surface area (TPSA) is 340 Å². The van der Waals surface area contributed by atoms with E-state index in [0.29, 0.717) is 108 Å². The van der Waals surface area contributed by atoms with E-state index < -0.39 is 83.7 Å². The first-order chi connectivity index (χ1) is 34.0. The normalized spacial score (nSPS) is 17.8. The minimum Gasteiger partial charge on any atom is -0.744 e. The number of carboxylic acids is 2. The Hall–Kier alpha value is -5.10. The van der Waals surface area contributed by atoms with Crippen LogP contribution in [0.4, 0.5) is 11.4 Å². The van der Waals surface area contributed by atoms with Crippen molar-refractivity contribution in [3.63, 3.8) is 0 Å². The van der Waals surface area contributed by atoms with Gasteiger partial charge in [0.05, 0.1) is 33.0 Å². The summed E-state index contributed by atoms with van der Waals surface area (Å²) in [7, 11) is -19.6. The summed E-state index contributed by atoms with van der Waals surface area (Å²) in [5, 5.41) is 32.0. The average Bonchev–Trinajstić information content (AvgIpc) is 3.65. The summed E-state index contributed by atoms with van der Waals surface area (Å²) < 4.78 is 149.